The van der Waals surface area contributed by atoms with E-state index in [0.29, 0.717) is 17.9 Å². The number of hydrogen-bond acceptors (Lipinski definition) is 4. The molecule has 27 heavy (non-hydrogen) atoms. The van der Waals surface area contributed by atoms with Crippen LogP contribution in [-0.2, 0) is 10.2 Å². The largest absolute Gasteiger partial charge is 0.392 e. The average molecular weight is 420 g/mol. The molecule has 2 N–H and O–H groups in total. The van der Waals surface area contributed by atoms with Crippen molar-refractivity contribution in [2.75, 3.05) is 28.7 Å². The number of hydrogen-bond donors (Lipinski definition) is 2. The molecule has 0 saturated heterocycles. The molecule has 0 aromatic heterocycles. The van der Waals surface area contributed by atoms with E-state index in [1.165, 1.54) is 10.4 Å². The second-order valence-corrected chi connectivity index (χ2v) is 7.63. The van der Waals surface area contributed by atoms with Crippen LogP contribution in [0.2, 0.25) is 0 Å². The van der Waals surface area contributed by atoms with Crippen molar-refractivity contribution in [1.29, 1.82) is 0 Å². The number of para-hydroxylation sites is 2. The number of nitrogens with one attached hydrogen (secondary N) is 1. The van der Waals surface area contributed by atoms with Crippen LogP contribution in [0, 0.1) is 11.6 Å². The Morgan fingerprint density at radius 2 is 1.78 bits per heavy atom. The minimum absolute atomic E-state index is 0. The van der Waals surface area contributed by atoms with Crippen LogP contribution in [0.5, 0.6) is 0 Å². The molecule has 148 valence electrons. The highest BCUT2D eigenvalue weighted by Gasteiger charge is 2.41. The Labute approximate surface area is 163 Å². The summed E-state index contributed by atoms with van der Waals surface area (Å²) in [6, 6.07) is 9.55. The van der Waals surface area contributed by atoms with E-state index in [-0.39, 0.29) is 31.1 Å². The van der Waals surface area contributed by atoms with Crippen molar-refractivity contribution in [2.24, 2.45) is 0 Å². The number of likely N-dealkylation sites (N-methyl/N-ethyl adjacent to an activating group) is 1. The second kappa shape index (κ2) is 8.39. The van der Waals surface area contributed by atoms with Gasteiger partial charge in [0, 0.05) is 19.2 Å². The first-order valence-electron chi connectivity index (χ1n) is 8.06. The van der Waals surface area contributed by atoms with Crippen LogP contribution in [-0.4, -0.2) is 39.8 Å². The van der Waals surface area contributed by atoms with Crippen LogP contribution in [0.3, 0.4) is 0 Å². The van der Waals surface area contributed by atoms with Gasteiger partial charge in [0.15, 0.2) is 11.6 Å². The molecule has 1 heterocycles. The number of anilines is 3. The van der Waals surface area contributed by atoms with Gasteiger partial charge in [0.2, 0.25) is 0 Å². The van der Waals surface area contributed by atoms with Crippen molar-refractivity contribution >= 4 is 39.7 Å². The molecule has 10 heteroatoms. The Morgan fingerprint density at radius 3 is 2.41 bits per heavy atom. The van der Waals surface area contributed by atoms with Gasteiger partial charge >= 0.3 is 10.2 Å². The monoisotopic (exact) mass is 419 g/mol. The van der Waals surface area contributed by atoms with Gasteiger partial charge < -0.3 is 10.4 Å². The van der Waals surface area contributed by atoms with Gasteiger partial charge in [-0.1, -0.05) is 12.1 Å². The maximum Gasteiger partial charge on any atom is 0.330 e. The molecule has 6 nitrogen and oxygen atoms in total. The predicted octanol–water partition coefficient (Wildman–Crippen LogP) is 2.56. The Morgan fingerprint density at radius 1 is 1.11 bits per heavy atom. The molecular weight excluding hydrogens is 400 g/mol. The summed E-state index contributed by atoms with van der Waals surface area (Å²) in [6.07, 6.45) is -0.486. The summed E-state index contributed by atoms with van der Waals surface area (Å²) in [5.41, 5.74) is 0.783. The molecule has 2 aromatic rings. The van der Waals surface area contributed by atoms with Crippen molar-refractivity contribution < 1.29 is 22.3 Å². The molecule has 0 amide bonds. The van der Waals surface area contributed by atoms with Gasteiger partial charge in [-0.05, 0) is 37.7 Å². The lowest BCUT2D eigenvalue weighted by molar-refractivity contribution is 0.167. The van der Waals surface area contributed by atoms with Crippen molar-refractivity contribution in [1.82, 2.24) is 5.32 Å². The number of benzene rings is 2. The SMILES string of the molecule is CNC[C@@H](O)CCN1c2ccccc2N(c2ccc(F)c(F)c2)S1(=O)=O.Cl. The normalized spacial score (nSPS) is 16.0. The van der Waals surface area contributed by atoms with Gasteiger partial charge in [-0.15, -0.1) is 12.4 Å². The first kappa shape index (κ1) is 21.4. The quantitative estimate of drug-likeness (QED) is 0.754. The van der Waals surface area contributed by atoms with E-state index in [2.05, 4.69) is 5.32 Å². The zero-order valence-electron chi connectivity index (χ0n) is 14.5. The van der Waals surface area contributed by atoms with Crippen molar-refractivity contribution in [3.63, 3.8) is 0 Å². The molecule has 0 fully saturated rings. The number of nitrogens with zero attached hydrogens (tertiary/aromatic N) is 2. The van der Waals surface area contributed by atoms with E-state index in [9.17, 15) is 22.3 Å². The summed E-state index contributed by atoms with van der Waals surface area (Å²) in [6.45, 7) is 0.394. The van der Waals surface area contributed by atoms with Crippen LogP contribution in [0.1, 0.15) is 6.42 Å². The van der Waals surface area contributed by atoms with E-state index in [1.54, 1.807) is 31.3 Å². The van der Waals surface area contributed by atoms with Crippen LogP contribution in [0.25, 0.3) is 0 Å². The summed E-state index contributed by atoms with van der Waals surface area (Å²) < 4.78 is 55.2. The summed E-state index contributed by atoms with van der Waals surface area (Å²) in [5, 5.41) is 12.7. The highest BCUT2D eigenvalue weighted by molar-refractivity contribution is 7.95. The van der Waals surface area contributed by atoms with Gasteiger partial charge in [-0.3, -0.25) is 4.31 Å². The smallest absolute Gasteiger partial charge is 0.330 e. The minimum Gasteiger partial charge on any atom is -0.392 e. The first-order valence-corrected chi connectivity index (χ1v) is 9.45. The zero-order valence-corrected chi connectivity index (χ0v) is 16.1. The van der Waals surface area contributed by atoms with Crippen molar-refractivity contribution in [3.8, 4) is 0 Å². The molecular formula is C17H20ClF2N3O3S. The summed E-state index contributed by atoms with van der Waals surface area (Å²) >= 11 is 0. The summed E-state index contributed by atoms with van der Waals surface area (Å²) in [5.74, 6) is -2.18. The zero-order chi connectivity index (χ0) is 18.9. The highest BCUT2D eigenvalue weighted by Crippen LogP contribution is 2.45. The van der Waals surface area contributed by atoms with Gasteiger partial charge in [0.1, 0.15) is 0 Å². The third-order valence-corrected chi connectivity index (χ3v) is 5.93. The Hall–Kier alpha value is -1.94. The first-order chi connectivity index (χ1) is 12.4. The Balaban J connectivity index is 0.00000261. The molecule has 1 aliphatic rings. The van der Waals surface area contributed by atoms with E-state index in [1.807, 2.05) is 0 Å². The fraction of sp³-hybridized carbons (Fsp3) is 0.294. The van der Waals surface area contributed by atoms with E-state index in [0.717, 1.165) is 16.4 Å². The lowest BCUT2D eigenvalue weighted by atomic mass is 10.2. The standard InChI is InChI=1S/C17H19F2N3O3S.ClH/c1-20-11-13(23)8-9-21-16-4-2-3-5-17(16)22(26(21,24)25)12-6-7-14(18)15(19)10-12;/h2-7,10,13,20,23H,8-9,11H2,1H3;1H/t13-;/m0./s1. The molecule has 2 aromatic carbocycles. The maximum atomic E-state index is 13.6. The molecule has 1 aliphatic heterocycles. The van der Waals surface area contributed by atoms with Crippen molar-refractivity contribution in [3.05, 3.63) is 54.1 Å². The molecule has 0 radical (unpaired) electrons. The number of aliphatic hydroxyl groups excluding tert-OH is 1. The average Bonchev–Trinajstić information content (AvgIpc) is 2.82. The third kappa shape index (κ3) is 4.01. The minimum atomic E-state index is -4.03. The number of rotatable bonds is 6. The topological polar surface area (TPSA) is 72.9 Å². The number of halogens is 3. The molecule has 0 aliphatic carbocycles. The second-order valence-electron chi connectivity index (χ2n) is 5.93. The lowest BCUT2D eigenvalue weighted by Crippen LogP contribution is -2.38. The molecule has 0 spiro atoms. The van der Waals surface area contributed by atoms with Crippen LogP contribution in [0.4, 0.5) is 25.8 Å². The lowest BCUT2D eigenvalue weighted by Gasteiger charge is -2.22. The van der Waals surface area contributed by atoms with E-state index >= 15 is 0 Å². The molecule has 3 rings (SSSR count). The number of aliphatic hydroxyl groups is 1. The summed E-state index contributed by atoms with van der Waals surface area (Å²) in [7, 11) is -2.34. The Bertz CT molecular complexity index is 914. The summed E-state index contributed by atoms with van der Waals surface area (Å²) in [4.78, 5) is 0. The molecule has 0 saturated carbocycles. The van der Waals surface area contributed by atoms with Crippen molar-refractivity contribution in [2.45, 2.75) is 12.5 Å². The highest BCUT2D eigenvalue weighted by atomic mass is 35.5. The maximum absolute atomic E-state index is 13.6. The third-order valence-electron chi connectivity index (χ3n) is 4.12. The van der Waals surface area contributed by atoms with Crippen LogP contribution < -0.4 is 13.9 Å². The molecule has 0 unspecified atom stereocenters. The van der Waals surface area contributed by atoms with E-state index in [4.69, 9.17) is 0 Å². The fourth-order valence-corrected chi connectivity index (χ4v) is 4.64. The van der Waals surface area contributed by atoms with E-state index < -0.39 is 27.9 Å². The number of fused-ring (bicyclic) bond motifs is 1. The van der Waals surface area contributed by atoms with Crippen LogP contribution in [0.15, 0.2) is 42.5 Å². The predicted molar refractivity (Wildman–Crippen MR) is 103 cm³/mol. The van der Waals surface area contributed by atoms with Gasteiger partial charge in [0.05, 0.1) is 23.2 Å². The van der Waals surface area contributed by atoms with Gasteiger partial charge in [0.25, 0.3) is 0 Å². The molecule has 0 bridgehead atoms. The Kier molecular flexibility index (Phi) is 6.63. The van der Waals surface area contributed by atoms with Crippen LogP contribution >= 0.6 is 12.4 Å². The fourth-order valence-electron chi connectivity index (χ4n) is 2.92. The molecule has 1 atom stereocenters. The van der Waals surface area contributed by atoms with Gasteiger partial charge in [-0.25, -0.2) is 13.1 Å². The van der Waals surface area contributed by atoms with Gasteiger partial charge in [-0.2, -0.15) is 8.42 Å².